The Morgan fingerprint density at radius 2 is 2.29 bits per heavy atom. The van der Waals surface area contributed by atoms with Crippen LogP contribution < -0.4 is 11.1 Å². The fourth-order valence-corrected chi connectivity index (χ4v) is 3.00. The van der Waals surface area contributed by atoms with E-state index in [-0.39, 0.29) is 10.8 Å². The maximum absolute atomic E-state index is 13.7. The molecule has 1 aliphatic rings. The van der Waals surface area contributed by atoms with Gasteiger partial charge in [-0.15, -0.1) is 0 Å². The minimum Gasteiger partial charge on any atom is -0.389 e. The fourth-order valence-electron chi connectivity index (χ4n) is 2.83. The van der Waals surface area contributed by atoms with E-state index in [1.165, 1.54) is 31.9 Å². The first-order valence-electron chi connectivity index (χ1n) is 7.65. The third-order valence-corrected chi connectivity index (χ3v) is 4.35. The van der Waals surface area contributed by atoms with Crippen LogP contribution in [-0.2, 0) is 0 Å². The number of hydrogen-bond donors (Lipinski definition) is 2. The number of nitrogens with one attached hydrogen (secondary N) is 1. The fraction of sp³-hybridized carbons (Fsp3) is 0.562. The normalized spacial score (nSPS) is 19.4. The Morgan fingerprint density at radius 3 is 2.95 bits per heavy atom. The predicted octanol–water partition coefficient (Wildman–Crippen LogP) is 3.14. The van der Waals surface area contributed by atoms with Gasteiger partial charge in [0.05, 0.1) is 0 Å². The van der Waals surface area contributed by atoms with Crippen LogP contribution in [0.1, 0.15) is 38.2 Å². The SMILES string of the molecule is CC1CCCCN1CCCNc1ccc(C(N)=S)c(F)c1. The Hall–Kier alpha value is -1.20. The van der Waals surface area contributed by atoms with Gasteiger partial charge in [0.25, 0.3) is 0 Å². The molecular weight excluding hydrogens is 285 g/mol. The van der Waals surface area contributed by atoms with Gasteiger partial charge in [-0.2, -0.15) is 0 Å². The van der Waals surface area contributed by atoms with Crippen molar-refractivity contribution in [2.45, 2.75) is 38.6 Å². The molecular formula is C16H24FN3S. The summed E-state index contributed by atoms with van der Waals surface area (Å²) in [5, 5.41) is 3.26. The third-order valence-electron chi connectivity index (χ3n) is 4.13. The third kappa shape index (κ3) is 4.64. The minimum atomic E-state index is -0.364. The molecule has 1 fully saturated rings. The molecule has 1 aromatic rings. The molecule has 1 heterocycles. The quantitative estimate of drug-likeness (QED) is 0.626. The lowest BCUT2D eigenvalue weighted by atomic mass is 10.0. The van der Waals surface area contributed by atoms with Crippen LogP contribution >= 0.6 is 12.2 Å². The van der Waals surface area contributed by atoms with Gasteiger partial charge in [-0.25, -0.2) is 4.39 Å². The molecule has 0 radical (unpaired) electrons. The Morgan fingerprint density at radius 1 is 1.48 bits per heavy atom. The summed E-state index contributed by atoms with van der Waals surface area (Å²) < 4.78 is 13.7. The van der Waals surface area contributed by atoms with E-state index in [2.05, 4.69) is 17.1 Å². The van der Waals surface area contributed by atoms with Crippen molar-refractivity contribution in [3.05, 3.63) is 29.6 Å². The monoisotopic (exact) mass is 309 g/mol. The number of nitrogens with two attached hydrogens (primary N) is 1. The molecule has 0 amide bonds. The number of halogens is 1. The van der Waals surface area contributed by atoms with Crippen LogP contribution in [0.2, 0.25) is 0 Å². The van der Waals surface area contributed by atoms with Crippen LogP contribution in [0.3, 0.4) is 0 Å². The van der Waals surface area contributed by atoms with Crippen molar-refractivity contribution in [3.63, 3.8) is 0 Å². The smallest absolute Gasteiger partial charge is 0.135 e. The Bertz CT molecular complexity index is 492. The standard InChI is InChI=1S/C16H24FN3S/c1-12-5-2-3-9-20(12)10-4-8-19-13-6-7-14(16(18)21)15(17)11-13/h6-7,11-12,19H,2-5,8-10H2,1H3,(H2,18,21). The molecule has 0 bridgehead atoms. The average Bonchev–Trinajstić information content (AvgIpc) is 2.45. The number of piperidine rings is 1. The van der Waals surface area contributed by atoms with Crippen LogP contribution in [0.15, 0.2) is 18.2 Å². The van der Waals surface area contributed by atoms with Gasteiger partial charge in [-0.05, 0) is 50.9 Å². The molecule has 1 aromatic carbocycles. The zero-order chi connectivity index (χ0) is 15.2. The average molecular weight is 309 g/mol. The molecule has 0 aliphatic carbocycles. The van der Waals surface area contributed by atoms with Gasteiger partial charge in [-0.3, -0.25) is 0 Å². The van der Waals surface area contributed by atoms with Gasteiger partial charge < -0.3 is 16.0 Å². The predicted molar refractivity (Wildman–Crippen MR) is 90.3 cm³/mol. The zero-order valence-corrected chi connectivity index (χ0v) is 13.4. The van der Waals surface area contributed by atoms with Crippen LogP contribution in [0.5, 0.6) is 0 Å². The second kappa shape index (κ2) is 7.71. The number of benzene rings is 1. The summed E-state index contributed by atoms with van der Waals surface area (Å²) >= 11 is 4.79. The molecule has 0 saturated carbocycles. The van der Waals surface area contributed by atoms with E-state index in [1.807, 2.05) is 6.07 Å². The zero-order valence-electron chi connectivity index (χ0n) is 12.6. The molecule has 0 aromatic heterocycles. The lowest BCUT2D eigenvalue weighted by Crippen LogP contribution is -2.38. The Labute approximate surface area is 131 Å². The highest BCUT2D eigenvalue weighted by molar-refractivity contribution is 7.80. The van der Waals surface area contributed by atoms with Gasteiger partial charge in [0, 0.05) is 30.4 Å². The summed E-state index contributed by atoms with van der Waals surface area (Å²) in [5.74, 6) is -0.364. The number of hydrogen-bond acceptors (Lipinski definition) is 3. The number of rotatable bonds is 6. The molecule has 2 rings (SSSR count). The molecule has 1 atom stereocenters. The highest BCUT2D eigenvalue weighted by Crippen LogP contribution is 2.17. The summed E-state index contributed by atoms with van der Waals surface area (Å²) in [6, 6.07) is 5.60. The molecule has 1 saturated heterocycles. The molecule has 116 valence electrons. The summed E-state index contributed by atoms with van der Waals surface area (Å²) in [6.45, 7) is 5.45. The molecule has 21 heavy (non-hydrogen) atoms. The van der Waals surface area contributed by atoms with Crippen LogP contribution in [0, 0.1) is 5.82 Å². The van der Waals surface area contributed by atoms with Crippen molar-refractivity contribution < 1.29 is 4.39 Å². The van der Waals surface area contributed by atoms with E-state index in [0.29, 0.717) is 11.6 Å². The van der Waals surface area contributed by atoms with Gasteiger partial charge in [0.1, 0.15) is 10.8 Å². The first-order valence-corrected chi connectivity index (χ1v) is 8.06. The Balaban J connectivity index is 1.76. The lowest BCUT2D eigenvalue weighted by Gasteiger charge is -2.33. The maximum atomic E-state index is 13.7. The molecule has 5 heteroatoms. The van der Waals surface area contributed by atoms with Crippen LogP contribution in [-0.4, -0.2) is 35.6 Å². The highest BCUT2D eigenvalue weighted by Gasteiger charge is 2.17. The van der Waals surface area contributed by atoms with Crippen molar-refractivity contribution in [3.8, 4) is 0 Å². The summed E-state index contributed by atoms with van der Waals surface area (Å²) in [4.78, 5) is 2.64. The summed E-state index contributed by atoms with van der Waals surface area (Å²) in [7, 11) is 0. The maximum Gasteiger partial charge on any atom is 0.135 e. The van der Waals surface area contributed by atoms with Gasteiger partial charge in [0.2, 0.25) is 0 Å². The number of likely N-dealkylation sites (tertiary alicyclic amines) is 1. The van der Waals surface area contributed by atoms with Gasteiger partial charge in [-0.1, -0.05) is 18.6 Å². The van der Waals surface area contributed by atoms with Crippen LogP contribution in [0.25, 0.3) is 0 Å². The molecule has 3 nitrogen and oxygen atoms in total. The summed E-state index contributed by atoms with van der Waals surface area (Å²) in [5.41, 5.74) is 6.53. The van der Waals surface area contributed by atoms with E-state index in [4.69, 9.17) is 18.0 Å². The second-order valence-corrected chi connectivity index (χ2v) is 6.16. The molecule has 3 N–H and O–H groups in total. The van der Waals surface area contributed by atoms with Crippen molar-refractivity contribution in [2.75, 3.05) is 25.0 Å². The Kier molecular flexibility index (Phi) is 5.94. The van der Waals surface area contributed by atoms with Crippen molar-refractivity contribution in [1.29, 1.82) is 0 Å². The number of nitrogens with zero attached hydrogens (tertiary/aromatic N) is 1. The van der Waals surface area contributed by atoms with Crippen molar-refractivity contribution in [1.82, 2.24) is 4.90 Å². The second-order valence-electron chi connectivity index (χ2n) is 5.72. The van der Waals surface area contributed by atoms with Gasteiger partial charge >= 0.3 is 0 Å². The highest BCUT2D eigenvalue weighted by atomic mass is 32.1. The van der Waals surface area contributed by atoms with Crippen LogP contribution in [0.4, 0.5) is 10.1 Å². The van der Waals surface area contributed by atoms with Crippen molar-refractivity contribution in [2.24, 2.45) is 5.73 Å². The van der Waals surface area contributed by atoms with E-state index < -0.39 is 0 Å². The first kappa shape index (κ1) is 16.2. The molecule has 0 spiro atoms. The van der Waals surface area contributed by atoms with E-state index in [0.717, 1.165) is 25.2 Å². The number of thiocarbonyl (C=S) groups is 1. The lowest BCUT2D eigenvalue weighted by molar-refractivity contribution is 0.160. The van der Waals surface area contributed by atoms with E-state index >= 15 is 0 Å². The minimum absolute atomic E-state index is 0.0955. The van der Waals surface area contributed by atoms with E-state index in [1.54, 1.807) is 6.07 Å². The first-order chi connectivity index (χ1) is 10.1. The number of anilines is 1. The van der Waals surface area contributed by atoms with Crippen molar-refractivity contribution >= 4 is 22.9 Å². The molecule has 1 aliphatic heterocycles. The van der Waals surface area contributed by atoms with Gasteiger partial charge in [0.15, 0.2) is 0 Å². The molecule has 1 unspecified atom stereocenters. The topological polar surface area (TPSA) is 41.3 Å². The van der Waals surface area contributed by atoms with E-state index in [9.17, 15) is 4.39 Å². The summed E-state index contributed by atoms with van der Waals surface area (Å²) in [6.07, 6.45) is 5.02. The largest absolute Gasteiger partial charge is 0.389 e.